The average molecular weight is 229 g/mol. The first-order valence-corrected chi connectivity index (χ1v) is 5.86. The summed E-state index contributed by atoms with van der Waals surface area (Å²) in [5, 5.41) is 9.88. The second kappa shape index (κ2) is 3.89. The molecule has 0 amide bonds. The van der Waals surface area contributed by atoms with Crippen LogP contribution < -0.4 is 5.73 Å². The Morgan fingerprint density at radius 3 is 2.94 bits per heavy atom. The largest absolute Gasteiger partial charge is 0.398 e. The van der Waals surface area contributed by atoms with Crippen LogP contribution >= 0.6 is 0 Å². The van der Waals surface area contributed by atoms with Crippen LogP contribution in [0.1, 0.15) is 24.8 Å². The number of para-hydroxylation sites is 1. The van der Waals surface area contributed by atoms with Crippen molar-refractivity contribution in [2.24, 2.45) is 0 Å². The third-order valence-corrected chi connectivity index (χ3v) is 3.22. The molecule has 1 atom stereocenters. The fraction of sp³-hybridized carbons (Fsp3) is 0.308. The molecule has 0 unspecified atom stereocenters. The normalized spacial score (nSPS) is 19.0. The Labute approximate surface area is 99.7 Å². The van der Waals surface area contributed by atoms with Gasteiger partial charge in [0, 0.05) is 24.0 Å². The molecule has 3 rings (SSSR count). The van der Waals surface area contributed by atoms with E-state index in [0.717, 1.165) is 42.2 Å². The van der Waals surface area contributed by atoms with Gasteiger partial charge in [0.05, 0.1) is 5.69 Å². The lowest BCUT2D eigenvalue weighted by atomic mass is 10.1. The van der Waals surface area contributed by atoms with Crippen molar-refractivity contribution in [1.29, 1.82) is 0 Å². The highest BCUT2D eigenvalue weighted by atomic mass is 16.3. The molecule has 17 heavy (non-hydrogen) atoms. The lowest BCUT2D eigenvalue weighted by Gasteiger charge is -2.18. The number of aromatic nitrogens is 2. The standard InChI is InChI=1S/C13H15N3O/c14-10-5-2-1-4-9(10)11-8-16-7-3-6-12(17)13(16)15-11/h1-2,4-5,8,12,17H,3,6-7,14H2/t12-/m0/s1. The summed E-state index contributed by atoms with van der Waals surface area (Å²) in [5.41, 5.74) is 8.43. The van der Waals surface area contributed by atoms with E-state index in [1.165, 1.54) is 0 Å². The summed E-state index contributed by atoms with van der Waals surface area (Å²) in [6.07, 6.45) is 3.32. The number of aliphatic hydroxyl groups is 1. The van der Waals surface area contributed by atoms with Gasteiger partial charge in [-0.05, 0) is 18.9 Å². The first-order valence-electron chi connectivity index (χ1n) is 5.86. The minimum atomic E-state index is -0.442. The molecular formula is C13H15N3O. The zero-order chi connectivity index (χ0) is 11.8. The van der Waals surface area contributed by atoms with Gasteiger partial charge in [-0.2, -0.15) is 0 Å². The summed E-state index contributed by atoms with van der Waals surface area (Å²) in [6.45, 7) is 0.923. The molecule has 0 aliphatic carbocycles. The third-order valence-electron chi connectivity index (χ3n) is 3.22. The smallest absolute Gasteiger partial charge is 0.138 e. The van der Waals surface area contributed by atoms with Crippen LogP contribution in [0.25, 0.3) is 11.3 Å². The Balaban J connectivity index is 2.08. The predicted octanol–water partition coefficient (Wildman–Crippen LogP) is 1.96. The number of nitrogen functional groups attached to an aromatic ring is 1. The first-order chi connectivity index (χ1) is 8.25. The molecule has 4 nitrogen and oxygen atoms in total. The van der Waals surface area contributed by atoms with E-state index in [4.69, 9.17) is 5.73 Å². The Kier molecular flexibility index (Phi) is 2.37. The number of hydrogen-bond donors (Lipinski definition) is 2. The van der Waals surface area contributed by atoms with E-state index in [-0.39, 0.29) is 0 Å². The lowest BCUT2D eigenvalue weighted by Crippen LogP contribution is -2.14. The molecular weight excluding hydrogens is 214 g/mol. The van der Waals surface area contributed by atoms with Gasteiger partial charge in [0.25, 0.3) is 0 Å². The van der Waals surface area contributed by atoms with Crippen molar-refractivity contribution in [3.63, 3.8) is 0 Å². The Morgan fingerprint density at radius 2 is 2.18 bits per heavy atom. The number of rotatable bonds is 1. The van der Waals surface area contributed by atoms with E-state index in [9.17, 15) is 5.11 Å². The number of anilines is 1. The molecule has 0 fully saturated rings. The second-order valence-electron chi connectivity index (χ2n) is 4.42. The van der Waals surface area contributed by atoms with Crippen LogP contribution in [0, 0.1) is 0 Å². The van der Waals surface area contributed by atoms with Crippen molar-refractivity contribution in [3.8, 4) is 11.3 Å². The Morgan fingerprint density at radius 1 is 1.35 bits per heavy atom. The predicted molar refractivity (Wildman–Crippen MR) is 66.3 cm³/mol. The van der Waals surface area contributed by atoms with Crippen molar-refractivity contribution in [1.82, 2.24) is 9.55 Å². The van der Waals surface area contributed by atoms with Gasteiger partial charge in [-0.1, -0.05) is 18.2 Å². The van der Waals surface area contributed by atoms with Gasteiger partial charge in [0.15, 0.2) is 0 Å². The molecule has 1 aliphatic heterocycles. The maximum Gasteiger partial charge on any atom is 0.138 e. The maximum atomic E-state index is 9.88. The van der Waals surface area contributed by atoms with E-state index in [0.29, 0.717) is 0 Å². The molecule has 0 spiro atoms. The Bertz CT molecular complexity index is 547. The SMILES string of the molecule is Nc1ccccc1-c1cn2c(n1)[C@@H](O)CCC2. The van der Waals surface area contributed by atoms with Crippen LogP contribution in [0.3, 0.4) is 0 Å². The van der Waals surface area contributed by atoms with Crippen LogP contribution in [-0.2, 0) is 6.54 Å². The van der Waals surface area contributed by atoms with Crippen molar-refractivity contribution in [3.05, 3.63) is 36.3 Å². The van der Waals surface area contributed by atoms with Crippen molar-refractivity contribution >= 4 is 5.69 Å². The van der Waals surface area contributed by atoms with Crippen molar-refractivity contribution < 1.29 is 5.11 Å². The Hall–Kier alpha value is -1.81. The van der Waals surface area contributed by atoms with Crippen LogP contribution in [0.2, 0.25) is 0 Å². The topological polar surface area (TPSA) is 64.1 Å². The molecule has 2 aromatic rings. The minimum absolute atomic E-state index is 0.442. The molecule has 0 bridgehead atoms. The number of nitrogens with two attached hydrogens (primary N) is 1. The summed E-state index contributed by atoms with van der Waals surface area (Å²) < 4.78 is 2.02. The molecule has 1 aromatic heterocycles. The molecule has 0 saturated carbocycles. The van der Waals surface area contributed by atoms with Crippen LogP contribution in [0.5, 0.6) is 0 Å². The lowest BCUT2D eigenvalue weighted by molar-refractivity contribution is 0.134. The third kappa shape index (κ3) is 1.70. The molecule has 4 heteroatoms. The monoisotopic (exact) mass is 229 g/mol. The summed E-state index contributed by atoms with van der Waals surface area (Å²) in [5.74, 6) is 0.759. The molecule has 88 valence electrons. The highest BCUT2D eigenvalue weighted by molar-refractivity contribution is 5.73. The van der Waals surface area contributed by atoms with Gasteiger partial charge in [0.1, 0.15) is 11.9 Å². The second-order valence-corrected chi connectivity index (χ2v) is 4.42. The first kappa shape index (κ1) is 10.4. The van der Waals surface area contributed by atoms with Crippen LogP contribution in [-0.4, -0.2) is 14.7 Å². The van der Waals surface area contributed by atoms with E-state index >= 15 is 0 Å². The number of aryl methyl sites for hydroxylation is 1. The minimum Gasteiger partial charge on any atom is -0.398 e. The van der Waals surface area contributed by atoms with E-state index < -0.39 is 6.10 Å². The average Bonchev–Trinajstić information content (AvgIpc) is 2.75. The maximum absolute atomic E-state index is 9.88. The van der Waals surface area contributed by atoms with E-state index in [1.807, 2.05) is 35.0 Å². The van der Waals surface area contributed by atoms with Crippen molar-refractivity contribution in [2.45, 2.75) is 25.5 Å². The summed E-state index contributed by atoms with van der Waals surface area (Å²) >= 11 is 0. The molecule has 3 N–H and O–H groups in total. The van der Waals surface area contributed by atoms with Gasteiger partial charge in [-0.3, -0.25) is 0 Å². The van der Waals surface area contributed by atoms with Gasteiger partial charge in [-0.25, -0.2) is 4.98 Å². The van der Waals surface area contributed by atoms with Crippen LogP contribution in [0.15, 0.2) is 30.5 Å². The molecule has 0 saturated heterocycles. The number of benzene rings is 1. The molecule has 2 heterocycles. The molecule has 0 radical (unpaired) electrons. The number of fused-ring (bicyclic) bond motifs is 1. The van der Waals surface area contributed by atoms with Crippen molar-refractivity contribution in [2.75, 3.05) is 5.73 Å². The zero-order valence-electron chi connectivity index (χ0n) is 9.50. The van der Waals surface area contributed by atoms with Gasteiger partial charge in [0.2, 0.25) is 0 Å². The molecule has 1 aliphatic rings. The van der Waals surface area contributed by atoms with Gasteiger partial charge in [-0.15, -0.1) is 0 Å². The highest BCUT2D eigenvalue weighted by Gasteiger charge is 2.21. The van der Waals surface area contributed by atoms with E-state index in [2.05, 4.69) is 4.98 Å². The fourth-order valence-corrected chi connectivity index (χ4v) is 2.32. The van der Waals surface area contributed by atoms with Gasteiger partial charge < -0.3 is 15.4 Å². The highest BCUT2D eigenvalue weighted by Crippen LogP contribution is 2.30. The quantitative estimate of drug-likeness (QED) is 0.735. The number of nitrogens with zero attached hydrogens (tertiary/aromatic N) is 2. The molecule has 1 aromatic carbocycles. The van der Waals surface area contributed by atoms with Gasteiger partial charge >= 0.3 is 0 Å². The zero-order valence-corrected chi connectivity index (χ0v) is 9.50. The number of imidazole rings is 1. The van der Waals surface area contributed by atoms with Crippen LogP contribution in [0.4, 0.5) is 5.69 Å². The summed E-state index contributed by atoms with van der Waals surface area (Å²) in [7, 11) is 0. The summed E-state index contributed by atoms with van der Waals surface area (Å²) in [4.78, 5) is 4.50. The summed E-state index contributed by atoms with van der Waals surface area (Å²) in [6, 6.07) is 7.67. The number of hydrogen-bond acceptors (Lipinski definition) is 3. The fourth-order valence-electron chi connectivity index (χ4n) is 2.32. The number of aliphatic hydroxyl groups excluding tert-OH is 1. The van der Waals surface area contributed by atoms with E-state index in [1.54, 1.807) is 0 Å².